The van der Waals surface area contributed by atoms with Gasteiger partial charge in [0.25, 0.3) is 0 Å². The molecule has 1 heterocycles. The fraction of sp³-hybridized carbons (Fsp3) is 0.538. The molecule has 17 heavy (non-hydrogen) atoms. The topological polar surface area (TPSA) is 26.3 Å². The van der Waals surface area contributed by atoms with E-state index < -0.39 is 11.4 Å². The molecule has 1 fully saturated rings. The molecule has 0 aromatic heterocycles. The molecule has 0 saturated carbocycles. The minimum Gasteiger partial charge on any atom is -0.593 e. The van der Waals surface area contributed by atoms with E-state index in [0.29, 0.717) is 6.04 Å². The van der Waals surface area contributed by atoms with Gasteiger partial charge in [0.15, 0.2) is 4.90 Å². The Balaban J connectivity index is 2.17. The van der Waals surface area contributed by atoms with Gasteiger partial charge in [0.1, 0.15) is 0 Å². The molecule has 0 N–H and O–H groups in total. The summed E-state index contributed by atoms with van der Waals surface area (Å²) in [6.07, 6.45) is 3.56. The van der Waals surface area contributed by atoms with E-state index in [1.807, 2.05) is 25.1 Å². The number of benzene rings is 1. The van der Waals surface area contributed by atoms with E-state index in [2.05, 4.69) is 27.2 Å². The monoisotopic (exact) mass is 315 g/mol. The molecular formula is C13H18BrNOS. The molecule has 2 nitrogen and oxygen atoms in total. The largest absolute Gasteiger partial charge is 0.593 e. The van der Waals surface area contributed by atoms with Crippen molar-refractivity contribution in [2.75, 3.05) is 6.54 Å². The Hall–Kier alpha value is -0.0300. The standard InChI is InChI=1S/C13H18BrNOS/c1-10-6-7-12(9-13(10)14)17(16)15-8-4-3-5-11(15)2/h6-7,9,11H,3-5,8H2,1-2H3. The van der Waals surface area contributed by atoms with Crippen molar-refractivity contribution in [1.82, 2.24) is 4.31 Å². The zero-order valence-electron chi connectivity index (χ0n) is 10.3. The van der Waals surface area contributed by atoms with Crippen LogP contribution in [0.4, 0.5) is 0 Å². The van der Waals surface area contributed by atoms with Crippen LogP contribution < -0.4 is 0 Å². The van der Waals surface area contributed by atoms with Crippen LogP contribution in [0.25, 0.3) is 0 Å². The predicted octanol–water partition coefficient (Wildman–Crippen LogP) is 3.65. The Morgan fingerprint density at radius 2 is 2.18 bits per heavy atom. The van der Waals surface area contributed by atoms with Crippen molar-refractivity contribution in [2.24, 2.45) is 0 Å². The highest BCUT2D eigenvalue weighted by atomic mass is 79.9. The van der Waals surface area contributed by atoms with Crippen LogP contribution in [0.3, 0.4) is 0 Å². The van der Waals surface area contributed by atoms with Gasteiger partial charge in [-0.05, 0) is 38.3 Å². The maximum absolute atomic E-state index is 12.5. The first kappa shape index (κ1) is 13.4. The quantitative estimate of drug-likeness (QED) is 0.779. The number of halogens is 1. The van der Waals surface area contributed by atoms with Crippen molar-refractivity contribution in [1.29, 1.82) is 0 Å². The van der Waals surface area contributed by atoms with E-state index >= 15 is 0 Å². The second kappa shape index (κ2) is 5.74. The summed E-state index contributed by atoms with van der Waals surface area (Å²) in [5.41, 5.74) is 1.18. The first-order valence-corrected chi connectivity index (χ1v) is 7.94. The molecule has 1 aromatic rings. The van der Waals surface area contributed by atoms with E-state index in [1.165, 1.54) is 12.0 Å². The maximum atomic E-state index is 12.5. The molecule has 1 aliphatic rings. The van der Waals surface area contributed by atoms with Crippen molar-refractivity contribution in [3.05, 3.63) is 28.2 Å². The van der Waals surface area contributed by atoms with E-state index in [1.54, 1.807) is 0 Å². The summed E-state index contributed by atoms with van der Waals surface area (Å²) < 4.78 is 15.6. The van der Waals surface area contributed by atoms with E-state index in [-0.39, 0.29) is 0 Å². The number of piperidine rings is 1. The minimum absolute atomic E-state index is 0.421. The number of hydrogen-bond donors (Lipinski definition) is 0. The summed E-state index contributed by atoms with van der Waals surface area (Å²) in [7, 11) is 0. The third-order valence-corrected chi connectivity index (χ3v) is 5.78. The highest BCUT2D eigenvalue weighted by Gasteiger charge is 2.30. The number of hydrogen-bond acceptors (Lipinski definition) is 2. The van der Waals surface area contributed by atoms with Crippen LogP contribution in [0, 0.1) is 6.92 Å². The number of aryl methyl sites for hydroxylation is 1. The van der Waals surface area contributed by atoms with Gasteiger partial charge in [0.2, 0.25) is 0 Å². The number of nitrogens with zero attached hydrogens (tertiary/aromatic N) is 1. The lowest BCUT2D eigenvalue weighted by Gasteiger charge is -2.32. The third-order valence-electron chi connectivity index (χ3n) is 3.30. The average molecular weight is 316 g/mol. The summed E-state index contributed by atoms with van der Waals surface area (Å²) >= 11 is 2.49. The van der Waals surface area contributed by atoms with Crippen LogP contribution in [-0.4, -0.2) is 21.4 Å². The van der Waals surface area contributed by atoms with Crippen molar-refractivity contribution in [3.8, 4) is 0 Å². The van der Waals surface area contributed by atoms with Crippen LogP contribution in [0.5, 0.6) is 0 Å². The van der Waals surface area contributed by atoms with Gasteiger partial charge in [0.05, 0.1) is 17.4 Å². The lowest BCUT2D eigenvalue weighted by molar-refractivity contribution is 0.268. The molecule has 4 heteroatoms. The van der Waals surface area contributed by atoms with Gasteiger partial charge in [-0.1, -0.05) is 28.4 Å². The first-order chi connectivity index (χ1) is 8.09. The lowest BCUT2D eigenvalue weighted by atomic mass is 10.1. The Bertz CT molecular complexity index is 399. The van der Waals surface area contributed by atoms with Crippen molar-refractivity contribution < 1.29 is 4.55 Å². The van der Waals surface area contributed by atoms with Crippen LogP contribution in [0.2, 0.25) is 0 Å². The van der Waals surface area contributed by atoms with Gasteiger partial charge in [-0.2, -0.15) is 0 Å². The highest BCUT2D eigenvalue weighted by molar-refractivity contribution is 9.10. The van der Waals surface area contributed by atoms with Gasteiger partial charge in [-0.3, -0.25) is 0 Å². The SMILES string of the molecule is Cc1ccc([S+]([O-])N2CCCCC2C)cc1Br. The average Bonchev–Trinajstić information content (AvgIpc) is 2.32. The molecule has 0 aliphatic carbocycles. The summed E-state index contributed by atoms with van der Waals surface area (Å²) in [4.78, 5) is 0.899. The molecular weight excluding hydrogens is 298 g/mol. The van der Waals surface area contributed by atoms with Gasteiger partial charge < -0.3 is 4.55 Å². The minimum atomic E-state index is -1.02. The zero-order chi connectivity index (χ0) is 12.4. The van der Waals surface area contributed by atoms with E-state index in [4.69, 9.17) is 0 Å². The second-order valence-corrected chi connectivity index (χ2v) is 6.94. The fourth-order valence-corrected chi connectivity index (χ4v) is 4.07. The molecule has 2 rings (SSSR count). The van der Waals surface area contributed by atoms with Gasteiger partial charge in [-0.15, -0.1) is 4.31 Å². The molecule has 0 radical (unpaired) electrons. The van der Waals surface area contributed by atoms with Gasteiger partial charge >= 0.3 is 0 Å². The Morgan fingerprint density at radius 3 is 2.82 bits per heavy atom. The fourth-order valence-electron chi connectivity index (χ4n) is 2.14. The first-order valence-electron chi connectivity index (χ1n) is 6.04. The summed E-state index contributed by atoms with van der Waals surface area (Å²) in [5, 5.41) is 0. The molecule has 0 amide bonds. The van der Waals surface area contributed by atoms with Crippen LogP contribution in [0.15, 0.2) is 27.6 Å². The Kier molecular flexibility index (Phi) is 4.53. The van der Waals surface area contributed by atoms with Crippen LogP contribution in [0.1, 0.15) is 31.7 Å². The van der Waals surface area contributed by atoms with Crippen molar-refractivity contribution in [2.45, 2.75) is 44.0 Å². The molecule has 2 atom stereocenters. The van der Waals surface area contributed by atoms with Gasteiger partial charge in [-0.25, -0.2) is 0 Å². The third kappa shape index (κ3) is 3.05. The molecule has 1 aromatic carbocycles. The summed E-state index contributed by atoms with van der Waals surface area (Å²) in [5.74, 6) is 0. The molecule has 0 bridgehead atoms. The van der Waals surface area contributed by atoms with E-state index in [9.17, 15) is 4.55 Å². The Labute approximate surface area is 115 Å². The van der Waals surface area contributed by atoms with Gasteiger partial charge in [0, 0.05) is 17.1 Å². The Morgan fingerprint density at radius 1 is 1.41 bits per heavy atom. The van der Waals surface area contributed by atoms with Crippen molar-refractivity contribution in [3.63, 3.8) is 0 Å². The second-order valence-electron chi connectivity index (χ2n) is 4.65. The smallest absolute Gasteiger partial charge is 0.175 e. The van der Waals surface area contributed by atoms with Crippen LogP contribution >= 0.6 is 15.9 Å². The van der Waals surface area contributed by atoms with Crippen LogP contribution in [-0.2, 0) is 11.4 Å². The van der Waals surface area contributed by atoms with Crippen molar-refractivity contribution >= 4 is 27.3 Å². The molecule has 2 unspecified atom stereocenters. The molecule has 1 saturated heterocycles. The maximum Gasteiger partial charge on any atom is 0.175 e. The molecule has 0 spiro atoms. The normalized spacial score (nSPS) is 23.6. The molecule has 94 valence electrons. The number of rotatable bonds is 2. The molecule has 1 aliphatic heterocycles. The predicted molar refractivity (Wildman–Crippen MR) is 75.3 cm³/mol. The zero-order valence-corrected chi connectivity index (χ0v) is 12.7. The van der Waals surface area contributed by atoms with E-state index in [0.717, 1.165) is 28.8 Å². The lowest BCUT2D eigenvalue weighted by Crippen LogP contribution is -2.41. The summed E-state index contributed by atoms with van der Waals surface area (Å²) in [6, 6.07) is 6.39. The summed E-state index contributed by atoms with van der Waals surface area (Å²) in [6.45, 7) is 5.15. The highest BCUT2D eigenvalue weighted by Crippen LogP contribution is 2.27.